The van der Waals surface area contributed by atoms with Crippen LogP contribution in [0.4, 0.5) is 0 Å². The van der Waals surface area contributed by atoms with Crippen molar-refractivity contribution in [3.05, 3.63) is 71.8 Å². The average Bonchev–Trinajstić information content (AvgIpc) is 2.99. The van der Waals surface area contributed by atoms with Crippen molar-refractivity contribution in [3.8, 4) is 0 Å². The van der Waals surface area contributed by atoms with Crippen LogP contribution in [0.3, 0.4) is 0 Å². The highest BCUT2D eigenvalue weighted by Gasteiger charge is 2.31. The Morgan fingerprint density at radius 3 is 2.04 bits per heavy atom. The number of nitrogens with one attached hydrogen (secondary N) is 1. The summed E-state index contributed by atoms with van der Waals surface area (Å²) in [5.41, 5.74) is 2.25. The maximum absolute atomic E-state index is 12.6. The van der Waals surface area contributed by atoms with E-state index in [1.165, 1.54) is 0 Å². The van der Waals surface area contributed by atoms with Crippen molar-refractivity contribution in [2.24, 2.45) is 0 Å². The maximum Gasteiger partial charge on any atom is 0.278 e. The summed E-state index contributed by atoms with van der Waals surface area (Å²) in [6, 6.07) is 19.6. The number of carbonyl (C=O) groups is 1. The molecule has 0 spiro atoms. The van der Waals surface area contributed by atoms with Crippen molar-refractivity contribution in [2.45, 2.75) is 31.5 Å². The van der Waals surface area contributed by atoms with Crippen molar-refractivity contribution < 1.29 is 18.5 Å². The minimum Gasteiger partial charge on any atom is -0.347 e. The van der Waals surface area contributed by atoms with Gasteiger partial charge in [0.1, 0.15) is 6.04 Å². The van der Waals surface area contributed by atoms with Crippen LogP contribution in [0, 0.1) is 0 Å². The van der Waals surface area contributed by atoms with Crippen molar-refractivity contribution >= 4 is 15.7 Å². The Kier molecular flexibility index (Phi) is 5.74. The molecule has 0 saturated carbocycles. The number of carbonyl (C=O) groups excluding carboxylic acids is 1. The lowest BCUT2D eigenvalue weighted by molar-refractivity contribution is -0.704. The van der Waals surface area contributed by atoms with Gasteiger partial charge in [-0.1, -0.05) is 60.7 Å². The van der Waals surface area contributed by atoms with E-state index in [4.69, 9.17) is 0 Å². The van der Waals surface area contributed by atoms with Gasteiger partial charge in [-0.15, -0.1) is 0 Å². The van der Waals surface area contributed by atoms with E-state index >= 15 is 0 Å². The minimum absolute atomic E-state index is 0.00506. The number of rotatable bonds is 6. The molecule has 0 unspecified atom stereocenters. The van der Waals surface area contributed by atoms with Gasteiger partial charge in [0.05, 0.1) is 11.5 Å². The summed E-state index contributed by atoms with van der Waals surface area (Å²) in [5.74, 6) is 0.0860. The smallest absolute Gasteiger partial charge is 0.278 e. The Balaban J connectivity index is 1.71. The molecule has 3 rings (SSSR count). The van der Waals surface area contributed by atoms with Gasteiger partial charge in [0.15, 0.2) is 15.9 Å². The topological polar surface area (TPSA) is 79.8 Å². The van der Waals surface area contributed by atoms with Gasteiger partial charge in [-0.25, -0.2) is 8.42 Å². The number of hydrogen-bond acceptors (Lipinski definition) is 3. The molecule has 1 fully saturated rings. The number of quaternary nitrogens is 1. The molecule has 0 radical (unpaired) electrons. The van der Waals surface area contributed by atoms with Crippen LogP contribution in [0.5, 0.6) is 0 Å². The molecule has 1 aliphatic rings. The molecule has 1 saturated heterocycles. The first-order valence-corrected chi connectivity index (χ1v) is 10.7. The van der Waals surface area contributed by atoms with E-state index in [0.29, 0.717) is 6.42 Å². The summed E-state index contributed by atoms with van der Waals surface area (Å²) in [5, 5.41) is 4.92. The van der Waals surface area contributed by atoms with E-state index in [9.17, 15) is 13.2 Å². The quantitative estimate of drug-likeness (QED) is 0.794. The van der Waals surface area contributed by atoms with E-state index in [1.807, 2.05) is 48.6 Å². The molecule has 3 N–H and O–H groups in total. The molecule has 2 atom stereocenters. The summed E-state index contributed by atoms with van der Waals surface area (Å²) < 4.78 is 23.2. The lowest BCUT2D eigenvalue weighted by Crippen LogP contribution is -2.93. The fourth-order valence-corrected chi connectivity index (χ4v) is 5.03. The molecule has 0 aromatic heterocycles. The minimum atomic E-state index is -3.00. The Bertz CT molecular complexity index is 798. The zero-order valence-corrected chi connectivity index (χ0v) is 15.7. The van der Waals surface area contributed by atoms with E-state index in [-0.39, 0.29) is 35.5 Å². The van der Waals surface area contributed by atoms with Crippen LogP contribution < -0.4 is 10.6 Å². The summed E-state index contributed by atoms with van der Waals surface area (Å²) >= 11 is 0. The summed E-state index contributed by atoms with van der Waals surface area (Å²) in [6.07, 6.45) is 0.502. The second-order valence-corrected chi connectivity index (χ2v) is 9.12. The second kappa shape index (κ2) is 8.01. The molecule has 26 heavy (non-hydrogen) atoms. The van der Waals surface area contributed by atoms with Crippen LogP contribution in [-0.2, 0) is 14.6 Å². The van der Waals surface area contributed by atoms with Crippen molar-refractivity contribution in [2.75, 3.05) is 11.5 Å². The fraction of sp³-hybridized carbons (Fsp3) is 0.350. The predicted octanol–water partition coefficient (Wildman–Crippen LogP) is 1.03. The normalized spacial score (nSPS) is 20.0. The van der Waals surface area contributed by atoms with E-state index < -0.39 is 9.84 Å². The molecule has 2 aromatic rings. The number of sulfone groups is 1. The van der Waals surface area contributed by atoms with Crippen LogP contribution in [-0.4, -0.2) is 37.9 Å². The lowest BCUT2D eigenvalue weighted by Gasteiger charge is -2.21. The van der Waals surface area contributed by atoms with Crippen LogP contribution in [0.2, 0.25) is 0 Å². The van der Waals surface area contributed by atoms with Crippen molar-refractivity contribution in [3.63, 3.8) is 0 Å². The summed E-state index contributed by atoms with van der Waals surface area (Å²) in [4.78, 5) is 12.6. The lowest BCUT2D eigenvalue weighted by atomic mass is 9.98. The van der Waals surface area contributed by atoms with E-state index in [1.54, 1.807) is 0 Å². The third-order valence-electron chi connectivity index (χ3n) is 4.79. The van der Waals surface area contributed by atoms with Gasteiger partial charge in [0.25, 0.3) is 5.91 Å². The number of hydrogen-bond donors (Lipinski definition) is 2. The van der Waals surface area contributed by atoms with Crippen LogP contribution >= 0.6 is 0 Å². The summed E-state index contributed by atoms with van der Waals surface area (Å²) in [6.45, 7) is 1.86. The van der Waals surface area contributed by atoms with Crippen LogP contribution in [0.15, 0.2) is 60.7 Å². The van der Waals surface area contributed by atoms with Gasteiger partial charge in [0.2, 0.25) is 0 Å². The molecule has 6 heteroatoms. The number of nitrogens with two attached hydrogens (primary N) is 1. The van der Waals surface area contributed by atoms with Gasteiger partial charge < -0.3 is 10.6 Å². The Morgan fingerprint density at radius 1 is 1.04 bits per heavy atom. The molecule has 0 bridgehead atoms. The third kappa shape index (κ3) is 4.71. The highest BCUT2D eigenvalue weighted by molar-refractivity contribution is 7.91. The molecule has 1 aliphatic heterocycles. The first-order valence-electron chi connectivity index (χ1n) is 8.90. The molecule has 0 aliphatic carbocycles. The molecule has 138 valence electrons. The van der Waals surface area contributed by atoms with Crippen molar-refractivity contribution in [1.82, 2.24) is 5.32 Å². The highest BCUT2D eigenvalue weighted by atomic mass is 32.2. The molecular weight excluding hydrogens is 348 g/mol. The number of benzene rings is 2. The molecule has 2 aromatic carbocycles. The van der Waals surface area contributed by atoms with Gasteiger partial charge in [-0.2, -0.15) is 0 Å². The third-order valence-corrected chi connectivity index (χ3v) is 6.56. The van der Waals surface area contributed by atoms with Crippen LogP contribution in [0.1, 0.15) is 30.5 Å². The maximum atomic E-state index is 12.6. The molecule has 5 nitrogen and oxygen atoms in total. The fourth-order valence-electron chi connectivity index (χ4n) is 3.35. The SMILES string of the molecule is C[C@@H]([NH2+]C(c1ccccc1)c1ccccc1)C(=O)N[C@@H]1CCS(=O)(=O)C1. The Morgan fingerprint density at radius 2 is 1.58 bits per heavy atom. The predicted molar refractivity (Wildman–Crippen MR) is 101 cm³/mol. The summed E-state index contributed by atoms with van der Waals surface area (Å²) in [7, 11) is -3.00. The molecule has 1 amide bonds. The van der Waals surface area contributed by atoms with E-state index in [0.717, 1.165) is 11.1 Å². The first-order chi connectivity index (χ1) is 12.4. The van der Waals surface area contributed by atoms with E-state index in [2.05, 4.69) is 29.6 Å². The van der Waals surface area contributed by atoms with Crippen molar-refractivity contribution in [1.29, 1.82) is 0 Å². The van der Waals surface area contributed by atoms with Gasteiger partial charge >= 0.3 is 0 Å². The monoisotopic (exact) mass is 373 g/mol. The standard InChI is InChI=1S/C20H24N2O3S/c1-15(20(23)22-18-12-13-26(24,25)14-18)21-19(16-8-4-2-5-9-16)17-10-6-3-7-11-17/h2-11,15,18-19,21H,12-14H2,1H3,(H,22,23)/p+1/t15-,18-/m1/s1. The van der Waals surface area contributed by atoms with Crippen LogP contribution in [0.25, 0.3) is 0 Å². The zero-order valence-electron chi connectivity index (χ0n) is 14.8. The zero-order chi connectivity index (χ0) is 18.6. The Labute approximate surface area is 154 Å². The Hall–Kier alpha value is -2.18. The van der Waals surface area contributed by atoms with Gasteiger partial charge in [0, 0.05) is 17.2 Å². The average molecular weight is 373 g/mol. The second-order valence-electron chi connectivity index (χ2n) is 6.89. The highest BCUT2D eigenvalue weighted by Crippen LogP contribution is 2.18. The van der Waals surface area contributed by atoms with Gasteiger partial charge in [-0.3, -0.25) is 4.79 Å². The number of amides is 1. The first kappa shape index (κ1) is 18.6. The molecular formula is C20H25N2O3S+. The van der Waals surface area contributed by atoms with Gasteiger partial charge in [-0.05, 0) is 13.3 Å². The molecule has 1 heterocycles. The largest absolute Gasteiger partial charge is 0.347 e.